The Balaban J connectivity index is 1.46. The minimum atomic E-state index is -0.0880. The monoisotopic (exact) mass is 415 g/mol. The fourth-order valence-corrected chi connectivity index (χ4v) is 4.50. The van der Waals surface area contributed by atoms with Gasteiger partial charge in [-0.25, -0.2) is 0 Å². The number of aromatic nitrogens is 3. The predicted molar refractivity (Wildman–Crippen MR) is 120 cm³/mol. The van der Waals surface area contributed by atoms with E-state index in [2.05, 4.69) is 22.3 Å². The summed E-state index contributed by atoms with van der Waals surface area (Å²) in [5.74, 6) is 0.614. The number of benzene rings is 1. The molecule has 2 aromatic heterocycles. The molecule has 1 aliphatic carbocycles. The van der Waals surface area contributed by atoms with Crippen LogP contribution in [0.2, 0.25) is 0 Å². The average molecular weight is 415 g/mol. The van der Waals surface area contributed by atoms with Gasteiger partial charge in [0.2, 0.25) is 0 Å². The van der Waals surface area contributed by atoms with E-state index in [1.165, 1.54) is 15.7 Å². The van der Waals surface area contributed by atoms with E-state index in [4.69, 9.17) is 4.74 Å². The summed E-state index contributed by atoms with van der Waals surface area (Å²) in [6.45, 7) is 1.60. The summed E-state index contributed by atoms with van der Waals surface area (Å²) in [7, 11) is 1.71. The molecular formula is C25H25N3O3. The molecule has 1 N–H and O–H groups in total. The number of rotatable bonds is 3. The van der Waals surface area contributed by atoms with Crippen LogP contribution in [0, 0.1) is 5.92 Å². The fraction of sp³-hybridized carbons (Fsp3) is 0.320. The highest BCUT2D eigenvalue weighted by Crippen LogP contribution is 2.38. The smallest absolute Gasteiger partial charge is 0.250 e. The largest absolute Gasteiger partial charge is 0.507 e. The second kappa shape index (κ2) is 8.12. The van der Waals surface area contributed by atoms with Gasteiger partial charge in [-0.05, 0) is 78.1 Å². The highest BCUT2D eigenvalue weighted by molar-refractivity contribution is 5.76. The van der Waals surface area contributed by atoms with Crippen LogP contribution in [-0.4, -0.2) is 33.1 Å². The van der Waals surface area contributed by atoms with Crippen molar-refractivity contribution in [1.29, 1.82) is 0 Å². The Labute approximate surface area is 180 Å². The standard InChI is InChI=1S/C25H25N3O3/c1-28-10-7-18(15-24(28)30)17-5-6-21(23(29)14-17)22-13-19-3-2-4-20(25(19)27-26-22)16-8-11-31-12-9-16/h4-7,10,13-16,29H,2-3,8-9,11-12H2,1H3. The van der Waals surface area contributed by atoms with Crippen LogP contribution in [0.1, 0.15) is 30.5 Å². The zero-order valence-electron chi connectivity index (χ0n) is 17.5. The lowest BCUT2D eigenvalue weighted by atomic mass is 9.83. The van der Waals surface area contributed by atoms with Gasteiger partial charge in [0.05, 0.1) is 11.4 Å². The number of fused-ring (bicyclic) bond motifs is 1. The predicted octanol–water partition coefficient (Wildman–Crippen LogP) is 3.97. The lowest BCUT2D eigenvalue weighted by Crippen LogP contribution is -2.19. The second-order valence-corrected chi connectivity index (χ2v) is 8.28. The molecule has 1 fully saturated rings. The van der Waals surface area contributed by atoms with Gasteiger partial charge in [0.1, 0.15) is 5.75 Å². The number of nitrogens with zero attached hydrogens (tertiary/aromatic N) is 3. The van der Waals surface area contributed by atoms with Crippen LogP contribution in [0.4, 0.5) is 0 Å². The number of ether oxygens (including phenoxy) is 1. The first kappa shape index (κ1) is 19.7. The Hall–Kier alpha value is -3.25. The van der Waals surface area contributed by atoms with Gasteiger partial charge in [-0.15, -0.1) is 10.2 Å². The maximum Gasteiger partial charge on any atom is 0.250 e. The maximum absolute atomic E-state index is 11.9. The Kier molecular flexibility index (Phi) is 5.16. The molecule has 0 bridgehead atoms. The zero-order valence-corrected chi connectivity index (χ0v) is 17.5. The van der Waals surface area contributed by atoms with E-state index in [1.807, 2.05) is 18.2 Å². The van der Waals surface area contributed by atoms with Crippen molar-refractivity contribution in [2.75, 3.05) is 13.2 Å². The van der Waals surface area contributed by atoms with Gasteiger partial charge in [-0.2, -0.15) is 0 Å². The molecule has 3 heterocycles. The van der Waals surface area contributed by atoms with Gasteiger partial charge in [0, 0.05) is 38.1 Å². The number of hydrogen-bond acceptors (Lipinski definition) is 5. The number of aryl methyl sites for hydroxylation is 2. The summed E-state index contributed by atoms with van der Waals surface area (Å²) >= 11 is 0. The van der Waals surface area contributed by atoms with E-state index in [9.17, 15) is 9.90 Å². The summed E-state index contributed by atoms with van der Waals surface area (Å²) in [5.41, 5.74) is 6.26. The lowest BCUT2D eigenvalue weighted by Gasteiger charge is -2.27. The first-order valence-electron chi connectivity index (χ1n) is 10.8. The number of phenolic OH excluding ortho intramolecular Hbond substituents is 1. The summed E-state index contributed by atoms with van der Waals surface area (Å²) in [6.07, 6.45) is 8.01. The summed E-state index contributed by atoms with van der Waals surface area (Å²) in [4.78, 5) is 11.9. The molecule has 3 aromatic rings. The van der Waals surface area contributed by atoms with Gasteiger partial charge in [-0.3, -0.25) is 4.79 Å². The van der Waals surface area contributed by atoms with E-state index in [0.717, 1.165) is 55.7 Å². The van der Waals surface area contributed by atoms with Crippen molar-refractivity contribution in [2.24, 2.45) is 13.0 Å². The van der Waals surface area contributed by atoms with Crippen molar-refractivity contribution in [3.05, 3.63) is 70.3 Å². The Morgan fingerprint density at radius 2 is 1.87 bits per heavy atom. The van der Waals surface area contributed by atoms with Gasteiger partial charge in [-0.1, -0.05) is 12.1 Å². The van der Waals surface area contributed by atoms with Gasteiger partial charge >= 0.3 is 0 Å². The van der Waals surface area contributed by atoms with Crippen LogP contribution < -0.4 is 5.56 Å². The molecule has 6 nitrogen and oxygen atoms in total. The van der Waals surface area contributed by atoms with Crippen LogP contribution in [0.5, 0.6) is 5.75 Å². The molecule has 0 spiro atoms. The number of aromatic hydroxyl groups is 1. The first-order chi connectivity index (χ1) is 15.1. The quantitative estimate of drug-likeness (QED) is 0.700. The normalized spacial score (nSPS) is 16.6. The van der Waals surface area contributed by atoms with E-state index in [-0.39, 0.29) is 11.3 Å². The van der Waals surface area contributed by atoms with E-state index in [0.29, 0.717) is 17.2 Å². The summed E-state index contributed by atoms with van der Waals surface area (Å²) in [6, 6.07) is 10.9. The topological polar surface area (TPSA) is 77.2 Å². The molecule has 158 valence electrons. The highest BCUT2D eigenvalue weighted by atomic mass is 16.5. The Morgan fingerprint density at radius 3 is 2.65 bits per heavy atom. The minimum absolute atomic E-state index is 0.0880. The molecule has 0 amide bonds. The van der Waals surface area contributed by atoms with Crippen LogP contribution in [0.3, 0.4) is 0 Å². The van der Waals surface area contributed by atoms with E-state index in [1.54, 1.807) is 25.4 Å². The SMILES string of the molecule is Cn1ccc(-c2ccc(-c3cc4c(nn3)C(C3CCOCC3)=CCC4)c(O)c2)cc1=O. The molecule has 2 aliphatic rings. The van der Waals surface area contributed by atoms with Crippen molar-refractivity contribution in [3.63, 3.8) is 0 Å². The highest BCUT2D eigenvalue weighted by Gasteiger charge is 2.25. The Morgan fingerprint density at radius 1 is 1.06 bits per heavy atom. The molecular weight excluding hydrogens is 390 g/mol. The number of allylic oxidation sites excluding steroid dienone is 2. The molecule has 0 unspecified atom stereocenters. The molecule has 0 saturated carbocycles. The van der Waals surface area contributed by atoms with Crippen molar-refractivity contribution in [2.45, 2.75) is 25.7 Å². The summed E-state index contributed by atoms with van der Waals surface area (Å²) < 4.78 is 7.03. The minimum Gasteiger partial charge on any atom is -0.507 e. The van der Waals surface area contributed by atoms with Gasteiger partial charge in [0.25, 0.3) is 5.56 Å². The number of pyridine rings is 1. The maximum atomic E-state index is 11.9. The number of hydrogen-bond donors (Lipinski definition) is 1. The fourth-order valence-electron chi connectivity index (χ4n) is 4.50. The lowest BCUT2D eigenvalue weighted by molar-refractivity contribution is 0.0806. The van der Waals surface area contributed by atoms with Crippen LogP contribution in [0.25, 0.3) is 28.0 Å². The molecule has 0 radical (unpaired) electrons. The molecule has 1 aromatic carbocycles. The zero-order chi connectivity index (χ0) is 21.4. The van der Waals surface area contributed by atoms with Crippen molar-refractivity contribution in [1.82, 2.24) is 14.8 Å². The molecule has 1 saturated heterocycles. The third-order valence-electron chi connectivity index (χ3n) is 6.30. The van der Waals surface area contributed by atoms with E-state index >= 15 is 0 Å². The molecule has 1 aliphatic heterocycles. The number of phenols is 1. The van der Waals surface area contributed by atoms with Crippen LogP contribution in [0.15, 0.2) is 53.5 Å². The molecule has 6 heteroatoms. The molecule has 31 heavy (non-hydrogen) atoms. The first-order valence-corrected chi connectivity index (χ1v) is 10.8. The molecule has 0 atom stereocenters. The average Bonchev–Trinajstić information content (AvgIpc) is 2.80. The van der Waals surface area contributed by atoms with Gasteiger partial charge < -0.3 is 14.4 Å². The Bertz CT molecular complexity index is 1220. The van der Waals surface area contributed by atoms with E-state index < -0.39 is 0 Å². The van der Waals surface area contributed by atoms with Crippen LogP contribution >= 0.6 is 0 Å². The molecule has 5 rings (SSSR count). The third-order valence-corrected chi connectivity index (χ3v) is 6.30. The van der Waals surface area contributed by atoms with Crippen LogP contribution in [-0.2, 0) is 18.2 Å². The second-order valence-electron chi connectivity index (χ2n) is 8.28. The summed E-state index contributed by atoms with van der Waals surface area (Å²) in [5, 5.41) is 19.8. The van der Waals surface area contributed by atoms with Crippen molar-refractivity contribution in [3.8, 4) is 28.1 Å². The third kappa shape index (κ3) is 3.79. The van der Waals surface area contributed by atoms with Crippen molar-refractivity contribution < 1.29 is 9.84 Å². The van der Waals surface area contributed by atoms with Crippen molar-refractivity contribution >= 4 is 5.57 Å². The van der Waals surface area contributed by atoms with Gasteiger partial charge in [0.15, 0.2) is 0 Å².